The van der Waals surface area contributed by atoms with Crippen LogP contribution in [0.5, 0.6) is 5.75 Å². The van der Waals surface area contributed by atoms with Gasteiger partial charge in [0.1, 0.15) is 12.3 Å². The molecule has 1 atom stereocenters. The third kappa shape index (κ3) is 3.98. The number of aromatic nitrogens is 1. The maximum atomic E-state index is 11.9. The molecule has 1 heterocycles. The summed E-state index contributed by atoms with van der Waals surface area (Å²) >= 11 is 0. The first-order chi connectivity index (χ1) is 10.1. The second-order valence-electron chi connectivity index (χ2n) is 5.11. The lowest BCUT2D eigenvalue weighted by molar-refractivity contribution is -0.122. The lowest BCUT2D eigenvalue weighted by Crippen LogP contribution is -2.34. The molecule has 2 rings (SSSR count). The summed E-state index contributed by atoms with van der Waals surface area (Å²) in [5.41, 5.74) is 0.986. The highest BCUT2D eigenvalue weighted by atomic mass is 16.5. The molecule has 5 nitrogen and oxygen atoms in total. The SMILES string of the molecule is CCCC(O)CNC(=O)Cn1ccc2cc(OC)ccc21. The number of fused-ring (bicyclic) bond motifs is 1. The zero-order valence-corrected chi connectivity index (χ0v) is 12.5. The fourth-order valence-corrected chi connectivity index (χ4v) is 2.32. The number of rotatable bonds is 7. The van der Waals surface area contributed by atoms with Crippen molar-refractivity contribution >= 4 is 16.8 Å². The van der Waals surface area contributed by atoms with Gasteiger partial charge in [0.15, 0.2) is 0 Å². The molecule has 0 aliphatic rings. The Labute approximate surface area is 124 Å². The first-order valence-electron chi connectivity index (χ1n) is 7.21. The van der Waals surface area contributed by atoms with Crippen LogP contribution >= 0.6 is 0 Å². The van der Waals surface area contributed by atoms with E-state index in [4.69, 9.17) is 4.74 Å². The number of amides is 1. The zero-order chi connectivity index (χ0) is 15.2. The first-order valence-corrected chi connectivity index (χ1v) is 7.21. The summed E-state index contributed by atoms with van der Waals surface area (Å²) in [5.74, 6) is 0.700. The summed E-state index contributed by atoms with van der Waals surface area (Å²) in [4.78, 5) is 11.9. The van der Waals surface area contributed by atoms with Gasteiger partial charge >= 0.3 is 0 Å². The number of carbonyl (C=O) groups excluding carboxylic acids is 1. The number of benzene rings is 1. The second-order valence-corrected chi connectivity index (χ2v) is 5.11. The van der Waals surface area contributed by atoms with Crippen molar-refractivity contribution in [3.8, 4) is 5.75 Å². The van der Waals surface area contributed by atoms with Crippen LogP contribution < -0.4 is 10.1 Å². The van der Waals surface area contributed by atoms with Gasteiger partial charge < -0.3 is 19.7 Å². The number of aliphatic hydroxyl groups is 1. The molecule has 0 saturated carbocycles. The number of methoxy groups -OCH3 is 1. The fourth-order valence-electron chi connectivity index (χ4n) is 2.32. The molecule has 1 unspecified atom stereocenters. The van der Waals surface area contributed by atoms with Gasteiger partial charge in [0, 0.05) is 23.6 Å². The predicted octanol–water partition coefficient (Wildman–Crippen LogP) is 1.93. The summed E-state index contributed by atoms with van der Waals surface area (Å²) in [7, 11) is 1.63. The van der Waals surface area contributed by atoms with E-state index in [2.05, 4.69) is 5.32 Å². The molecule has 0 fully saturated rings. The van der Waals surface area contributed by atoms with Crippen LogP contribution in [0.25, 0.3) is 10.9 Å². The van der Waals surface area contributed by atoms with Crippen molar-refractivity contribution in [3.63, 3.8) is 0 Å². The van der Waals surface area contributed by atoms with Gasteiger partial charge in [-0.25, -0.2) is 0 Å². The molecule has 0 radical (unpaired) electrons. The normalized spacial score (nSPS) is 12.3. The zero-order valence-electron chi connectivity index (χ0n) is 12.5. The van der Waals surface area contributed by atoms with E-state index in [0.29, 0.717) is 13.0 Å². The number of ether oxygens (including phenoxy) is 1. The number of nitrogens with zero attached hydrogens (tertiary/aromatic N) is 1. The van der Waals surface area contributed by atoms with Gasteiger partial charge in [0.25, 0.3) is 0 Å². The first kappa shape index (κ1) is 15.4. The van der Waals surface area contributed by atoms with Crippen molar-refractivity contribution < 1.29 is 14.6 Å². The van der Waals surface area contributed by atoms with Crippen LogP contribution in [-0.4, -0.2) is 35.3 Å². The van der Waals surface area contributed by atoms with Crippen LogP contribution in [0.2, 0.25) is 0 Å². The Balaban J connectivity index is 1.98. The molecule has 0 aliphatic carbocycles. The number of hydrogen-bond acceptors (Lipinski definition) is 3. The Morgan fingerprint density at radius 2 is 2.24 bits per heavy atom. The topological polar surface area (TPSA) is 63.5 Å². The van der Waals surface area contributed by atoms with Crippen molar-refractivity contribution in [1.29, 1.82) is 0 Å². The Morgan fingerprint density at radius 3 is 2.95 bits per heavy atom. The Hall–Kier alpha value is -2.01. The van der Waals surface area contributed by atoms with Gasteiger partial charge in [0.2, 0.25) is 5.91 Å². The molecule has 5 heteroatoms. The molecule has 0 spiro atoms. The molecule has 0 bridgehead atoms. The molecule has 1 aromatic carbocycles. The van der Waals surface area contributed by atoms with Crippen LogP contribution in [0.1, 0.15) is 19.8 Å². The predicted molar refractivity (Wildman–Crippen MR) is 82.4 cm³/mol. The Bertz CT molecular complexity index is 607. The number of hydrogen-bond donors (Lipinski definition) is 2. The molecular formula is C16H22N2O3. The molecule has 2 aromatic rings. The number of nitrogens with one attached hydrogen (secondary N) is 1. The van der Waals surface area contributed by atoms with E-state index in [0.717, 1.165) is 23.1 Å². The van der Waals surface area contributed by atoms with Crippen molar-refractivity contribution in [2.45, 2.75) is 32.4 Å². The molecule has 21 heavy (non-hydrogen) atoms. The van der Waals surface area contributed by atoms with E-state index in [9.17, 15) is 9.90 Å². The highest BCUT2D eigenvalue weighted by Gasteiger charge is 2.09. The van der Waals surface area contributed by atoms with Crippen molar-refractivity contribution in [2.24, 2.45) is 0 Å². The Morgan fingerprint density at radius 1 is 1.43 bits per heavy atom. The van der Waals surface area contributed by atoms with E-state index in [1.54, 1.807) is 7.11 Å². The van der Waals surface area contributed by atoms with E-state index >= 15 is 0 Å². The standard InChI is InChI=1S/C16H22N2O3/c1-3-4-13(19)10-17-16(20)11-18-8-7-12-9-14(21-2)5-6-15(12)18/h5-9,13,19H,3-4,10-11H2,1-2H3,(H,17,20). The maximum Gasteiger partial charge on any atom is 0.240 e. The van der Waals surface area contributed by atoms with Crippen molar-refractivity contribution in [1.82, 2.24) is 9.88 Å². The molecule has 1 aromatic heterocycles. The van der Waals surface area contributed by atoms with Crippen LogP contribution in [0.15, 0.2) is 30.5 Å². The summed E-state index contributed by atoms with van der Waals surface area (Å²) < 4.78 is 7.07. The van der Waals surface area contributed by atoms with E-state index in [1.165, 1.54) is 0 Å². The summed E-state index contributed by atoms with van der Waals surface area (Å²) in [6, 6.07) is 7.71. The quantitative estimate of drug-likeness (QED) is 0.819. The monoisotopic (exact) mass is 290 g/mol. The van der Waals surface area contributed by atoms with E-state index in [-0.39, 0.29) is 12.5 Å². The third-order valence-electron chi connectivity index (χ3n) is 3.45. The smallest absolute Gasteiger partial charge is 0.240 e. The third-order valence-corrected chi connectivity index (χ3v) is 3.45. The second kappa shape index (κ2) is 7.13. The summed E-state index contributed by atoms with van der Waals surface area (Å²) in [6.07, 6.45) is 3.02. The van der Waals surface area contributed by atoms with Gasteiger partial charge in [-0.1, -0.05) is 13.3 Å². The lowest BCUT2D eigenvalue weighted by atomic mass is 10.2. The maximum absolute atomic E-state index is 11.9. The minimum atomic E-state index is -0.468. The number of carbonyl (C=O) groups is 1. The molecule has 114 valence electrons. The molecule has 2 N–H and O–H groups in total. The minimum Gasteiger partial charge on any atom is -0.497 e. The highest BCUT2D eigenvalue weighted by molar-refractivity contribution is 5.84. The molecular weight excluding hydrogens is 268 g/mol. The van der Waals surface area contributed by atoms with Gasteiger partial charge in [-0.2, -0.15) is 0 Å². The molecule has 0 aliphatic heterocycles. The number of aliphatic hydroxyl groups excluding tert-OH is 1. The van der Waals surface area contributed by atoms with Gasteiger partial charge in [-0.05, 0) is 30.7 Å². The average molecular weight is 290 g/mol. The van der Waals surface area contributed by atoms with E-state index in [1.807, 2.05) is 42.0 Å². The van der Waals surface area contributed by atoms with Gasteiger partial charge in [-0.15, -0.1) is 0 Å². The van der Waals surface area contributed by atoms with Gasteiger partial charge in [-0.3, -0.25) is 4.79 Å². The fraction of sp³-hybridized carbons (Fsp3) is 0.438. The Kier molecular flexibility index (Phi) is 5.22. The summed E-state index contributed by atoms with van der Waals surface area (Å²) in [5, 5.41) is 13.4. The van der Waals surface area contributed by atoms with Crippen LogP contribution in [0.4, 0.5) is 0 Å². The van der Waals surface area contributed by atoms with E-state index < -0.39 is 6.10 Å². The highest BCUT2D eigenvalue weighted by Crippen LogP contribution is 2.21. The largest absolute Gasteiger partial charge is 0.497 e. The van der Waals surface area contributed by atoms with Gasteiger partial charge in [0.05, 0.1) is 13.2 Å². The van der Waals surface area contributed by atoms with Crippen molar-refractivity contribution in [3.05, 3.63) is 30.5 Å². The minimum absolute atomic E-state index is 0.0986. The van der Waals surface area contributed by atoms with Crippen LogP contribution in [0.3, 0.4) is 0 Å². The van der Waals surface area contributed by atoms with Crippen LogP contribution in [-0.2, 0) is 11.3 Å². The molecule has 0 saturated heterocycles. The summed E-state index contributed by atoms with van der Waals surface area (Å²) in [6.45, 7) is 2.56. The van der Waals surface area contributed by atoms with Crippen LogP contribution in [0, 0.1) is 0 Å². The molecule has 1 amide bonds. The van der Waals surface area contributed by atoms with Crippen molar-refractivity contribution in [2.75, 3.05) is 13.7 Å². The average Bonchev–Trinajstić information content (AvgIpc) is 2.87. The lowest BCUT2D eigenvalue weighted by Gasteiger charge is -2.11.